The summed E-state index contributed by atoms with van der Waals surface area (Å²) < 4.78 is 4.97. The van der Waals surface area contributed by atoms with Gasteiger partial charge < -0.3 is 15.4 Å². The number of hydrogen-bond donors (Lipinski definition) is 2. The van der Waals surface area contributed by atoms with Crippen LogP contribution in [-0.4, -0.2) is 30.6 Å². The Labute approximate surface area is 107 Å². The molecule has 0 bridgehead atoms. The number of ether oxygens (including phenoxy) is 1. The molecule has 2 atom stereocenters. The lowest BCUT2D eigenvalue weighted by atomic mass is 9.92. The van der Waals surface area contributed by atoms with Gasteiger partial charge in [-0.3, -0.25) is 4.79 Å². The number of amides is 1. The lowest BCUT2D eigenvalue weighted by Gasteiger charge is -2.28. The molecule has 0 saturated carbocycles. The fraction of sp³-hybridized carbons (Fsp3) is 0.538. The number of carbonyl (C=O) groups is 1. The van der Waals surface area contributed by atoms with E-state index < -0.39 is 0 Å². The molecule has 1 aliphatic heterocycles. The minimum atomic E-state index is -0.110. The number of methoxy groups -OCH3 is 1. The van der Waals surface area contributed by atoms with E-state index in [0.29, 0.717) is 17.5 Å². The van der Waals surface area contributed by atoms with Crippen LogP contribution in [0.5, 0.6) is 5.88 Å². The SMILES string of the molecule is COc1ccc(NC(=O)C2NCCCC2C)cn1. The number of nitrogens with zero attached hydrogens (tertiary/aromatic N) is 1. The molecule has 2 unspecified atom stereocenters. The molecule has 0 radical (unpaired) electrons. The predicted molar refractivity (Wildman–Crippen MR) is 69.6 cm³/mol. The van der Waals surface area contributed by atoms with E-state index in [9.17, 15) is 4.79 Å². The van der Waals surface area contributed by atoms with E-state index in [-0.39, 0.29) is 11.9 Å². The van der Waals surface area contributed by atoms with Crippen molar-refractivity contribution in [1.82, 2.24) is 10.3 Å². The third-order valence-electron chi connectivity index (χ3n) is 3.27. The number of pyridine rings is 1. The number of anilines is 1. The van der Waals surface area contributed by atoms with Gasteiger partial charge in [0.1, 0.15) is 0 Å². The topological polar surface area (TPSA) is 63.2 Å². The monoisotopic (exact) mass is 249 g/mol. The smallest absolute Gasteiger partial charge is 0.241 e. The van der Waals surface area contributed by atoms with Gasteiger partial charge in [0.05, 0.1) is 25.0 Å². The van der Waals surface area contributed by atoms with E-state index in [1.807, 2.05) is 0 Å². The second kappa shape index (κ2) is 5.82. The first-order valence-corrected chi connectivity index (χ1v) is 6.25. The zero-order valence-electron chi connectivity index (χ0n) is 10.8. The number of piperidine rings is 1. The summed E-state index contributed by atoms with van der Waals surface area (Å²) in [6, 6.07) is 3.41. The summed E-state index contributed by atoms with van der Waals surface area (Å²) in [7, 11) is 1.56. The van der Waals surface area contributed by atoms with Gasteiger partial charge in [0, 0.05) is 6.07 Å². The van der Waals surface area contributed by atoms with E-state index in [2.05, 4.69) is 22.5 Å². The second-order valence-corrected chi connectivity index (χ2v) is 4.63. The van der Waals surface area contributed by atoms with Crippen molar-refractivity contribution in [3.05, 3.63) is 18.3 Å². The third kappa shape index (κ3) is 2.98. The number of carbonyl (C=O) groups excluding carboxylic acids is 1. The standard InChI is InChI=1S/C13H19N3O2/c1-9-4-3-7-14-12(9)13(17)16-10-5-6-11(18-2)15-8-10/h5-6,8-9,12,14H,3-4,7H2,1-2H3,(H,16,17). The Hall–Kier alpha value is -1.62. The Balaban J connectivity index is 1.97. The molecule has 2 N–H and O–H groups in total. The molecular weight excluding hydrogens is 230 g/mol. The average molecular weight is 249 g/mol. The summed E-state index contributed by atoms with van der Waals surface area (Å²) >= 11 is 0. The third-order valence-corrected chi connectivity index (χ3v) is 3.27. The fourth-order valence-electron chi connectivity index (χ4n) is 2.20. The van der Waals surface area contributed by atoms with Crippen molar-refractivity contribution in [2.24, 2.45) is 5.92 Å². The number of rotatable bonds is 3. The molecule has 98 valence electrons. The Morgan fingerprint density at radius 1 is 1.56 bits per heavy atom. The van der Waals surface area contributed by atoms with Crippen molar-refractivity contribution in [3.63, 3.8) is 0 Å². The van der Waals surface area contributed by atoms with Crippen molar-refractivity contribution in [2.45, 2.75) is 25.8 Å². The van der Waals surface area contributed by atoms with E-state index in [4.69, 9.17) is 4.74 Å². The molecule has 5 heteroatoms. The molecule has 2 heterocycles. The Morgan fingerprint density at radius 2 is 2.39 bits per heavy atom. The van der Waals surface area contributed by atoms with Crippen molar-refractivity contribution in [3.8, 4) is 5.88 Å². The highest BCUT2D eigenvalue weighted by Crippen LogP contribution is 2.18. The first kappa shape index (κ1) is 12.8. The van der Waals surface area contributed by atoms with Gasteiger partial charge in [-0.25, -0.2) is 4.98 Å². The van der Waals surface area contributed by atoms with Crippen LogP contribution in [0.4, 0.5) is 5.69 Å². The van der Waals surface area contributed by atoms with Gasteiger partial charge in [-0.2, -0.15) is 0 Å². The van der Waals surface area contributed by atoms with Crippen LogP contribution < -0.4 is 15.4 Å². The Kier molecular flexibility index (Phi) is 4.15. The van der Waals surface area contributed by atoms with Gasteiger partial charge in [0.25, 0.3) is 0 Å². The molecule has 18 heavy (non-hydrogen) atoms. The molecule has 1 amide bonds. The lowest BCUT2D eigenvalue weighted by molar-refractivity contribution is -0.119. The minimum absolute atomic E-state index is 0.00849. The predicted octanol–water partition coefficient (Wildman–Crippen LogP) is 1.42. The van der Waals surface area contributed by atoms with E-state index in [1.54, 1.807) is 25.4 Å². The Morgan fingerprint density at radius 3 is 3.00 bits per heavy atom. The molecule has 0 spiro atoms. The van der Waals surface area contributed by atoms with Crippen LogP contribution in [0.1, 0.15) is 19.8 Å². The molecular formula is C13H19N3O2. The number of hydrogen-bond acceptors (Lipinski definition) is 4. The van der Waals surface area contributed by atoms with Crippen LogP contribution in [0.3, 0.4) is 0 Å². The maximum Gasteiger partial charge on any atom is 0.241 e. The molecule has 0 aliphatic carbocycles. The van der Waals surface area contributed by atoms with Crippen LogP contribution in [0.2, 0.25) is 0 Å². The summed E-state index contributed by atoms with van der Waals surface area (Å²) in [5.74, 6) is 0.913. The highest BCUT2D eigenvalue weighted by atomic mass is 16.5. The van der Waals surface area contributed by atoms with E-state index in [1.165, 1.54) is 0 Å². The average Bonchev–Trinajstić information content (AvgIpc) is 2.40. The molecule has 5 nitrogen and oxygen atoms in total. The molecule has 1 aromatic heterocycles. The summed E-state index contributed by atoms with van der Waals surface area (Å²) in [4.78, 5) is 16.2. The maximum atomic E-state index is 12.1. The molecule has 1 aromatic rings. The summed E-state index contributed by atoms with van der Waals surface area (Å²) in [6.45, 7) is 3.01. The van der Waals surface area contributed by atoms with Crippen LogP contribution in [0, 0.1) is 5.92 Å². The summed E-state index contributed by atoms with van der Waals surface area (Å²) in [5, 5.41) is 6.13. The van der Waals surface area contributed by atoms with Crippen LogP contribution in [-0.2, 0) is 4.79 Å². The zero-order chi connectivity index (χ0) is 13.0. The summed E-state index contributed by atoms with van der Waals surface area (Å²) in [6.07, 6.45) is 3.82. The first-order valence-electron chi connectivity index (χ1n) is 6.25. The van der Waals surface area contributed by atoms with Gasteiger partial charge in [-0.1, -0.05) is 6.92 Å². The van der Waals surface area contributed by atoms with Crippen molar-refractivity contribution >= 4 is 11.6 Å². The van der Waals surface area contributed by atoms with Gasteiger partial charge in [0.2, 0.25) is 11.8 Å². The molecule has 0 aromatic carbocycles. The van der Waals surface area contributed by atoms with Crippen LogP contribution in [0.25, 0.3) is 0 Å². The summed E-state index contributed by atoms with van der Waals surface area (Å²) in [5.41, 5.74) is 0.695. The fourth-order valence-corrected chi connectivity index (χ4v) is 2.20. The van der Waals surface area contributed by atoms with Gasteiger partial charge >= 0.3 is 0 Å². The van der Waals surface area contributed by atoms with E-state index >= 15 is 0 Å². The highest BCUT2D eigenvalue weighted by Gasteiger charge is 2.27. The van der Waals surface area contributed by atoms with Crippen LogP contribution >= 0.6 is 0 Å². The van der Waals surface area contributed by atoms with Crippen molar-refractivity contribution in [1.29, 1.82) is 0 Å². The molecule has 1 aliphatic rings. The normalized spacial score (nSPS) is 23.4. The van der Waals surface area contributed by atoms with Gasteiger partial charge in [-0.15, -0.1) is 0 Å². The number of nitrogens with one attached hydrogen (secondary N) is 2. The minimum Gasteiger partial charge on any atom is -0.481 e. The van der Waals surface area contributed by atoms with Gasteiger partial charge in [0.15, 0.2) is 0 Å². The lowest BCUT2D eigenvalue weighted by Crippen LogP contribution is -2.48. The van der Waals surface area contributed by atoms with Gasteiger partial charge in [-0.05, 0) is 31.4 Å². The van der Waals surface area contributed by atoms with Crippen LogP contribution in [0.15, 0.2) is 18.3 Å². The second-order valence-electron chi connectivity index (χ2n) is 4.63. The van der Waals surface area contributed by atoms with Crippen molar-refractivity contribution < 1.29 is 9.53 Å². The van der Waals surface area contributed by atoms with E-state index in [0.717, 1.165) is 19.4 Å². The first-order chi connectivity index (χ1) is 8.70. The maximum absolute atomic E-state index is 12.1. The molecule has 2 rings (SSSR count). The number of aromatic nitrogens is 1. The van der Waals surface area contributed by atoms with Crippen molar-refractivity contribution in [2.75, 3.05) is 19.0 Å². The highest BCUT2D eigenvalue weighted by molar-refractivity contribution is 5.95. The zero-order valence-corrected chi connectivity index (χ0v) is 10.8. The molecule has 1 fully saturated rings. The quantitative estimate of drug-likeness (QED) is 0.850. The molecule has 1 saturated heterocycles. The largest absolute Gasteiger partial charge is 0.481 e. The Bertz CT molecular complexity index is 405.